The lowest BCUT2D eigenvalue weighted by atomic mass is 10.1. The SMILES string of the molecule is CC(NCCN)c1ccc(OCc2ccccc2)cc1. The van der Waals surface area contributed by atoms with Gasteiger partial charge in [0.2, 0.25) is 0 Å². The molecule has 2 aromatic rings. The van der Waals surface area contributed by atoms with Crippen LogP contribution < -0.4 is 15.8 Å². The van der Waals surface area contributed by atoms with Gasteiger partial charge in [-0.2, -0.15) is 0 Å². The first-order valence-corrected chi connectivity index (χ1v) is 6.99. The molecule has 20 heavy (non-hydrogen) atoms. The van der Waals surface area contributed by atoms with E-state index in [1.807, 2.05) is 30.3 Å². The van der Waals surface area contributed by atoms with Gasteiger partial charge in [-0.1, -0.05) is 42.5 Å². The van der Waals surface area contributed by atoms with Crippen LogP contribution in [0.25, 0.3) is 0 Å². The van der Waals surface area contributed by atoms with Gasteiger partial charge in [0.25, 0.3) is 0 Å². The van der Waals surface area contributed by atoms with Gasteiger partial charge in [-0.25, -0.2) is 0 Å². The second kappa shape index (κ2) is 7.68. The Morgan fingerprint density at radius 1 is 1.05 bits per heavy atom. The van der Waals surface area contributed by atoms with Crippen molar-refractivity contribution in [3.8, 4) is 5.75 Å². The second-order valence-corrected chi connectivity index (χ2v) is 4.81. The van der Waals surface area contributed by atoms with Gasteiger partial charge in [0.15, 0.2) is 0 Å². The molecule has 2 rings (SSSR count). The lowest BCUT2D eigenvalue weighted by molar-refractivity contribution is 0.306. The Morgan fingerprint density at radius 2 is 1.75 bits per heavy atom. The van der Waals surface area contributed by atoms with Gasteiger partial charge in [0.1, 0.15) is 12.4 Å². The van der Waals surface area contributed by atoms with Crippen LogP contribution in [0.3, 0.4) is 0 Å². The first-order valence-electron chi connectivity index (χ1n) is 6.99. The maximum atomic E-state index is 5.77. The van der Waals surface area contributed by atoms with Crippen molar-refractivity contribution in [3.05, 3.63) is 65.7 Å². The number of hydrogen-bond donors (Lipinski definition) is 2. The van der Waals surface area contributed by atoms with E-state index >= 15 is 0 Å². The zero-order valence-electron chi connectivity index (χ0n) is 11.9. The summed E-state index contributed by atoms with van der Waals surface area (Å²) in [5.74, 6) is 0.892. The lowest BCUT2D eigenvalue weighted by Crippen LogP contribution is -2.25. The van der Waals surface area contributed by atoms with E-state index in [9.17, 15) is 0 Å². The molecule has 0 saturated carbocycles. The number of nitrogens with two attached hydrogens (primary N) is 1. The average Bonchev–Trinajstić information content (AvgIpc) is 2.52. The summed E-state index contributed by atoms with van der Waals surface area (Å²) >= 11 is 0. The van der Waals surface area contributed by atoms with Crippen molar-refractivity contribution in [1.29, 1.82) is 0 Å². The second-order valence-electron chi connectivity index (χ2n) is 4.81. The Bertz CT molecular complexity index is 496. The van der Waals surface area contributed by atoms with Gasteiger partial charge in [-0.05, 0) is 30.2 Å². The first-order chi connectivity index (χ1) is 9.79. The van der Waals surface area contributed by atoms with Crippen LogP contribution in [0, 0.1) is 0 Å². The summed E-state index contributed by atoms with van der Waals surface area (Å²) in [7, 11) is 0. The molecule has 1 unspecified atom stereocenters. The van der Waals surface area contributed by atoms with Crippen LogP contribution in [-0.4, -0.2) is 13.1 Å². The van der Waals surface area contributed by atoms with E-state index in [4.69, 9.17) is 10.5 Å². The van der Waals surface area contributed by atoms with Gasteiger partial charge in [-0.15, -0.1) is 0 Å². The maximum Gasteiger partial charge on any atom is 0.119 e. The molecule has 0 aromatic heterocycles. The van der Waals surface area contributed by atoms with Crippen LogP contribution in [0.2, 0.25) is 0 Å². The quantitative estimate of drug-likeness (QED) is 0.813. The number of benzene rings is 2. The van der Waals surface area contributed by atoms with Crippen LogP contribution in [0.1, 0.15) is 24.1 Å². The highest BCUT2D eigenvalue weighted by atomic mass is 16.5. The molecule has 0 aliphatic rings. The van der Waals surface area contributed by atoms with Crippen LogP contribution in [0.15, 0.2) is 54.6 Å². The predicted octanol–water partition coefficient (Wildman–Crippen LogP) is 2.87. The van der Waals surface area contributed by atoms with Crippen LogP contribution >= 0.6 is 0 Å². The zero-order valence-corrected chi connectivity index (χ0v) is 11.9. The van der Waals surface area contributed by atoms with E-state index in [0.717, 1.165) is 12.3 Å². The molecule has 3 nitrogen and oxygen atoms in total. The third kappa shape index (κ3) is 4.37. The minimum absolute atomic E-state index is 0.307. The third-order valence-corrected chi connectivity index (χ3v) is 3.22. The molecule has 0 spiro atoms. The monoisotopic (exact) mass is 270 g/mol. The van der Waals surface area contributed by atoms with E-state index in [2.05, 4.69) is 36.5 Å². The Kier molecular flexibility index (Phi) is 5.59. The van der Waals surface area contributed by atoms with Crippen molar-refractivity contribution in [3.63, 3.8) is 0 Å². The maximum absolute atomic E-state index is 5.77. The Hall–Kier alpha value is -1.84. The smallest absolute Gasteiger partial charge is 0.119 e. The molecule has 0 aliphatic carbocycles. The Balaban J connectivity index is 1.88. The summed E-state index contributed by atoms with van der Waals surface area (Å²) in [5, 5.41) is 3.36. The summed E-state index contributed by atoms with van der Waals surface area (Å²) < 4.78 is 5.77. The minimum Gasteiger partial charge on any atom is -0.489 e. The molecule has 0 aliphatic heterocycles. The lowest BCUT2D eigenvalue weighted by Gasteiger charge is -2.14. The fraction of sp³-hybridized carbons (Fsp3) is 0.294. The van der Waals surface area contributed by atoms with Crippen LogP contribution in [-0.2, 0) is 6.61 Å². The standard InChI is InChI=1S/C17H22N2O/c1-14(19-12-11-18)16-7-9-17(10-8-16)20-13-15-5-3-2-4-6-15/h2-10,14,19H,11-13,18H2,1H3. The van der Waals surface area contributed by atoms with Crippen molar-refractivity contribution in [2.24, 2.45) is 5.73 Å². The Morgan fingerprint density at radius 3 is 2.40 bits per heavy atom. The molecule has 2 aromatic carbocycles. The normalized spacial score (nSPS) is 12.1. The first kappa shape index (κ1) is 14.6. The fourth-order valence-electron chi connectivity index (χ4n) is 2.01. The number of hydrogen-bond acceptors (Lipinski definition) is 3. The van der Waals surface area contributed by atoms with Crippen LogP contribution in [0.5, 0.6) is 5.75 Å². The van der Waals surface area contributed by atoms with Crippen molar-refractivity contribution < 1.29 is 4.74 Å². The number of rotatable bonds is 7. The molecule has 0 heterocycles. The van der Waals surface area contributed by atoms with Gasteiger partial charge in [0.05, 0.1) is 0 Å². The molecule has 106 valence electrons. The number of ether oxygens (including phenoxy) is 1. The molecule has 1 atom stereocenters. The van der Waals surface area contributed by atoms with Gasteiger partial charge >= 0.3 is 0 Å². The van der Waals surface area contributed by atoms with Crippen molar-refractivity contribution in [2.45, 2.75) is 19.6 Å². The molecule has 0 radical (unpaired) electrons. The highest BCUT2D eigenvalue weighted by molar-refractivity contribution is 5.29. The van der Waals surface area contributed by atoms with Crippen molar-refractivity contribution in [2.75, 3.05) is 13.1 Å². The van der Waals surface area contributed by atoms with Gasteiger partial charge in [0, 0.05) is 19.1 Å². The molecule has 0 fully saturated rings. The molecule has 3 heteroatoms. The van der Waals surface area contributed by atoms with Crippen molar-refractivity contribution >= 4 is 0 Å². The van der Waals surface area contributed by atoms with Gasteiger partial charge < -0.3 is 15.8 Å². The molecule has 0 amide bonds. The van der Waals surface area contributed by atoms with Crippen LogP contribution in [0.4, 0.5) is 0 Å². The average molecular weight is 270 g/mol. The van der Waals surface area contributed by atoms with Crippen molar-refractivity contribution in [1.82, 2.24) is 5.32 Å². The zero-order chi connectivity index (χ0) is 14.2. The topological polar surface area (TPSA) is 47.3 Å². The molecule has 0 bridgehead atoms. The van der Waals surface area contributed by atoms with E-state index in [1.54, 1.807) is 0 Å². The molecule has 0 saturated heterocycles. The summed E-state index contributed by atoms with van der Waals surface area (Å²) in [4.78, 5) is 0. The summed E-state index contributed by atoms with van der Waals surface area (Å²) in [6.45, 7) is 4.21. The number of nitrogens with one attached hydrogen (secondary N) is 1. The largest absolute Gasteiger partial charge is 0.489 e. The molecule has 3 N–H and O–H groups in total. The minimum atomic E-state index is 0.307. The third-order valence-electron chi connectivity index (χ3n) is 3.22. The summed E-state index contributed by atoms with van der Waals surface area (Å²) in [6.07, 6.45) is 0. The summed E-state index contributed by atoms with van der Waals surface area (Å²) in [6, 6.07) is 18.7. The molecular formula is C17H22N2O. The van der Waals surface area contributed by atoms with Gasteiger partial charge in [-0.3, -0.25) is 0 Å². The fourth-order valence-corrected chi connectivity index (χ4v) is 2.01. The van der Waals surface area contributed by atoms with E-state index in [0.29, 0.717) is 19.2 Å². The highest BCUT2D eigenvalue weighted by Crippen LogP contribution is 2.18. The molecular weight excluding hydrogens is 248 g/mol. The Labute approximate surface area is 120 Å². The predicted molar refractivity (Wildman–Crippen MR) is 82.7 cm³/mol. The highest BCUT2D eigenvalue weighted by Gasteiger charge is 2.04. The van der Waals surface area contributed by atoms with E-state index in [1.165, 1.54) is 11.1 Å². The van der Waals surface area contributed by atoms with E-state index in [-0.39, 0.29) is 0 Å². The summed E-state index contributed by atoms with van der Waals surface area (Å²) in [5.41, 5.74) is 7.91. The van der Waals surface area contributed by atoms with E-state index < -0.39 is 0 Å².